The fourth-order valence-electron chi connectivity index (χ4n) is 1.17. The molecule has 1 amide bonds. The first-order chi connectivity index (χ1) is 8.06. The maximum Gasteiger partial charge on any atom is 0.264 e. The second-order valence-electron chi connectivity index (χ2n) is 3.29. The summed E-state index contributed by atoms with van der Waals surface area (Å²) in [6.07, 6.45) is 0.213. The Hall–Kier alpha value is -1.01. The van der Waals surface area contributed by atoms with E-state index in [0.29, 0.717) is 5.75 Å². The molecule has 0 spiro atoms. The molecule has 1 aromatic rings. The molecular weight excluding hydrogens is 258 g/mol. The Balaban J connectivity index is 2.59. The Kier molecular flexibility index (Phi) is 5.50. The zero-order valence-electron chi connectivity index (χ0n) is 9.55. The molecule has 6 heteroatoms. The minimum Gasteiger partial charge on any atom is -0.274 e. The minimum absolute atomic E-state index is 0.108. The van der Waals surface area contributed by atoms with Gasteiger partial charge in [-0.2, -0.15) is 11.8 Å². The predicted octanol–water partition coefficient (Wildman–Crippen LogP) is 1.63. The number of thioether (sulfide) groups is 1. The smallest absolute Gasteiger partial charge is 0.264 e. The van der Waals surface area contributed by atoms with Gasteiger partial charge in [0.05, 0.1) is 4.90 Å². The topological polar surface area (TPSA) is 63.2 Å². The second-order valence-corrected chi connectivity index (χ2v) is 6.36. The van der Waals surface area contributed by atoms with Crippen LogP contribution in [-0.4, -0.2) is 25.8 Å². The fraction of sp³-hybridized carbons (Fsp3) is 0.364. The third kappa shape index (κ3) is 4.79. The van der Waals surface area contributed by atoms with E-state index in [0.717, 1.165) is 5.75 Å². The lowest BCUT2D eigenvalue weighted by Crippen LogP contribution is -2.30. The van der Waals surface area contributed by atoms with E-state index in [1.165, 1.54) is 12.1 Å². The standard InChI is InChI=1S/C11H15NO3S2/c1-2-16-9-8-11(13)12-17(14,15)10-6-4-3-5-7-10/h3-7H,2,8-9H2,1H3,(H,12,13). The lowest BCUT2D eigenvalue weighted by atomic mass is 10.4. The molecule has 0 aliphatic carbocycles. The first kappa shape index (κ1) is 14.1. The molecule has 1 aromatic carbocycles. The molecule has 0 unspecified atom stereocenters. The largest absolute Gasteiger partial charge is 0.274 e. The van der Waals surface area contributed by atoms with Gasteiger partial charge in [-0.15, -0.1) is 0 Å². The number of nitrogens with one attached hydrogen (secondary N) is 1. The van der Waals surface area contributed by atoms with Gasteiger partial charge in [-0.05, 0) is 17.9 Å². The van der Waals surface area contributed by atoms with E-state index in [1.54, 1.807) is 30.0 Å². The van der Waals surface area contributed by atoms with Crippen LogP contribution in [0.3, 0.4) is 0 Å². The van der Waals surface area contributed by atoms with Crippen molar-refractivity contribution in [2.45, 2.75) is 18.2 Å². The van der Waals surface area contributed by atoms with Gasteiger partial charge >= 0.3 is 0 Å². The minimum atomic E-state index is -3.71. The van der Waals surface area contributed by atoms with Gasteiger partial charge in [0.2, 0.25) is 5.91 Å². The SMILES string of the molecule is CCSCCC(=O)NS(=O)(=O)c1ccccc1. The molecular formula is C11H15NO3S2. The molecule has 0 aliphatic heterocycles. The van der Waals surface area contributed by atoms with Crippen LogP contribution in [0.1, 0.15) is 13.3 Å². The molecule has 0 aliphatic rings. The van der Waals surface area contributed by atoms with E-state index >= 15 is 0 Å². The van der Waals surface area contributed by atoms with Crippen molar-refractivity contribution >= 4 is 27.7 Å². The number of rotatable bonds is 6. The maximum absolute atomic E-state index is 11.7. The molecule has 0 aromatic heterocycles. The summed E-state index contributed by atoms with van der Waals surface area (Å²) in [5.74, 6) is 1.08. The average Bonchev–Trinajstić information content (AvgIpc) is 2.30. The summed E-state index contributed by atoms with van der Waals surface area (Å²) in [5.41, 5.74) is 0. The van der Waals surface area contributed by atoms with Gasteiger partial charge in [0.1, 0.15) is 0 Å². The number of amides is 1. The molecule has 0 fully saturated rings. The molecule has 0 radical (unpaired) electrons. The van der Waals surface area contributed by atoms with E-state index < -0.39 is 15.9 Å². The summed E-state index contributed by atoms with van der Waals surface area (Å²) in [7, 11) is -3.71. The lowest BCUT2D eigenvalue weighted by Gasteiger charge is -2.06. The summed E-state index contributed by atoms with van der Waals surface area (Å²) in [5, 5.41) is 0. The van der Waals surface area contributed by atoms with Crippen LogP contribution < -0.4 is 4.72 Å². The van der Waals surface area contributed by atoms with Crippen LogP contribution in [0.5, 0.6) is 0 Å². The van der Waals surface area contributed by atoms with E-state index in [-0.39, 0.29) is 11.3 Å². The molecule has 1 rings (SSSR count). The highest BCUT2D eigenvalue weighted by molar-refractivity contribution is 7.99. The number of hydrogen-bond donors (Lipinski definition) is 1. The number of carbonyl (C=O) groups excluding carboxylic acids is 1. The van der Waals surface area contributed by atoms with Gasteiger partial charge in [0, 0.05) is 12.2 Å². The molecule has 0 saturated carbocycles. The van der Waals surface area contributed by atoms with E-state index in [2.05, 4.69) is 4.72 Å². The molecule has 94 valence electrons. The van der Waals surface area contributed by atoms with Crippen LogP contribution in [0.15, 0.2) is 35.2 Å². The summed E-state index contributed by atoms with van der Waals surface area (Å²) < 4.78 is 25.5. The Labute approximate surface area is 106 Å². The van der Waals surface area contributed by atoms with Crippen molar-refractivity contribution in [1.29, 1.82) is 0 Å². The summed E-state index contributed by atoms with van der Waals surface area (Å²) in [4.78, 5) is 11.5. The van der Waals surface area contributed by atoms with Crippen LogP contribution in [0.2, 0.25) is 0 Å². The first-order valence-electron chi connectivity index (χ1n) is 5.24. The quantitative estimate of drug-likeness (QED) is 0.800. The Morgan fingerprint density at radius 3 is 2.53 bits per heavy atom. The molecule has 0 bridgehead atoms. The third-order valence-corrected chi connectivity index (χ3v) is 4.27. The van der Waals surface area contributed by atoms with Crippen LogP contribution in [0.25, 0.3) is 0 Å². The van der Waals surface area contributed by atoms with Gasteiger partial charge in [0.25, 0.3) is 10.0 Å². The Morgan fingerprint density at radius 1 is 1.29 bits per heavy atom. The molecule has 0 atom stereocenters. The highest BCUT2D eigenvalue weighted by atomic mass is 32.2. The molecule has 0 heterocycles. The number of sulfonamides is 1. The van der Waals surface area contributed by atoms with Crippen molar-refractivity contribution in [3.63, 3.8) is 0 Å². The number of carbonyl (C=O) groups is 1. The Bertz CT molecular complexity index is 457. The van der Waals surface area contributed by atoms with Crippen LogP contribution in [-0.2, 0) is 14.8 Å². The van der Waals surface area contributed by atoms with Crippen molar-refractivity contribution in [2.75, 3.05) is 11.5 Å². The fourth-order valence-corrected chi connectivity index (χ4v) is 2.82. The molecule has 1 N–H and O–H groups in total. The zero-order valence-corrected chi connectivity index (χ0v) is 11.2. The first-order valence-corrected chi connectivity index (χ1v) is 7.88. The van der Waals surface area contributed by atoms with Gasteiger partial charge in [0.15, 0.2) is 0 Å². The van der Waals surface area contributed by atoms with Crippen molar-refractivity contribution < 1.29 is 13.2 Å². The Morgan fingerprint density at radius 2 is 1.94 bits per heavy atom. The van der Waals surface area contributed by atoms with Gasteiger partial charge in [-0.25, -0.2) is 13.1 Å². The van der Waals surface area contributed by atoms with Crippen LogP contribution in [0.4, 0.5) is 0 Å². The molecule has 17 heavy (non-hydrogen) atoms. The average molecular weight is 273 g/mol. The van der Waals surface area contributed by atoms with Gasteiger partial charge in [-0.3, -0.25) is 4.79 Å². The normalized spacial score (nSPS) is 11.1. The van der Waals surface area contributed by atoms with Gasteiger partial charge in [-0.1, -0.05) is 25.1 Å². The van der Waals surface area contributed by atoms with Crippen molar-refractivity contribution in [2.24, 2.45) is 0 Å². The van der Waals surface area contributed by atoms with Gasteiger partial charge < -0.3 is 0 Å². The highest BCUT2D eigenvalue weighted by Gasteiger charge is 2.16. The summed E-state index contributed by atoms with van der Waals surface area (Å²) in [6, 6.07) is 7.86. The van der Waals surface area contributed by atoms with Crippen molar-refractivity contribution in [3.05, 3.63) is 30.3 Å². The van der Waals surface area contributed by atoms with E-state index in [1.807, 2.05) is 6.92 Å². The monoisotopic (exact) mass is 273 g/mol. The van der Waals surface area contributed by atoms with Crippen molar-refractivity contribution in [3.8, 4) is 0 Å². The predicted molar refractivity (Wildman–Crippen MR) is 69.4 cm³/mol. The highest BCUT2D eigenvalue weighted by Crippen LogP contribution is 2.08. The molecule has 4 nitrogen and oxygen atoms in total. The third-order valence-electron chi connectivity index (χ3n) is 1.98. The maximum atomic E-state index is 11.7. The van der Waals surface area contributed by atoms with Crippen LogP contribution in [0, 0.1) is 0 Å². The summed E-state index contributed by atoms with van der Waals surface area (Å²) >= 11 is 1.60. The van der Waals surface area contributed by atoms with Crippen LogP contribution >= 0.6 is 11.8 Å². The zero-order chi connectivity index (χ0) is 12.7. The van der Waals surface area contributed by atoms with E-state index in [9.17, 15) is 13.2 Å². The number of hydrogen-bond acceptors (Lipinski definition) is 4. The van der Waals surface area contributed by atoms with E-state index in [4.69, 9.17) is 0 Å². The number of benzene rings is 1. The summed E-state index contributed by atoms with van der Waals surface area (Å²) in [6.45, 7) is 1.99. The molecule has 0 saturated heterocycles. The second kappa shape index (κ2) is 6.66. The van der Waals surface area contributed by atoms with Crippen molar-refractivity contribution in [1.82, 2.24) is 4.72 Å². The lowest BCUT2D eigenvalue weighted by molar-refractivity contribution is -0.118.